The lowest BCUT2D eigenvalue weighted by atomic mass is 10.1. The highest BCUT2D eigenvalue weighted by atomic mass is 31.2. The van der Waals surface area contributed by atoms with E-state index in [0.29, 0.717) is 19.3 Å². The lowest BCUT2D eigenvalue weighted by Gasteiger charge is -2.20. The van der Waals surface area contributed by atoms with Crippen LogP contribution in [0, 0.1) is 0 Å². The van der Waals surface area contributed by atoms with Crippen LogP contribution < -0.4 is 0 Å². The zero-order valence-corrected chi connectivity index (χ0v) is 37.6. The van der Waals surface area contributed by atoms with E-state index in [1.165, 1.54) is 57.8 Å². The number of hydrogen-bond donors (Lipinski definition) is 3. The van der Waals surface area contributed by atoms with Gasteiger partial charge in [-0.15, -0.1) is 0 Å². The molecule has 0 spiro atoms. The molecule has 10 nitrogen and oxygen atoms in total. The molecule has 0 aromatic carbocycles. The molecule has 0 aromatic heterocycles. The molecule has 3 atom stereocenters. The van der Waals surface area contributed by atoms with Gasteiger partial charge in [0, 0.05) is 12.8 Å². The maximum atomic E-state index is 12.6. The van der Waals surface area contributed by atoms with Gasteiger partial charge in [0.15, 0.2) is 6.10 Å². The van der Waals surface area contributed by atoms with E-state index in [1.54, 1.807) is 0 Å². The molecule has 338 valence electrons. The van der Waals surface area contributed by atoms with Gasteiger partial charge in [0.2, 0.25) is 0 Å². The summed E-state index contributed by atoms with van der Waals surface area (Å²) in [6.45, 7) is 2.17. The minimum atomic E-state index is -4.64. The smallest absolute Gasteiger partial charge is 0.462 e. The molecular formula is C48H81O10P. The second kappa shape index (κ2) is 43.2. The Morgan fingerprint density at radius 2 is 0.949 bits per heavy atom. The van der Waals surface area contributed by atoms with E-state index in [4.69, 9.17) is 19.1 Å². The number of aliphatic hydroxyl groups is 2. The van der Waals surface area contributed by atoms with Crippen LogP contribution in [0.4, 0.5) is 0 Å². The van der Waals surface area contributed by atoms with Crippen molar-refractivity contribution in [1.82, 2.24) is 0 Å². The van der Waals surface area contributed by atoms with Crippen molar-refractivity contribution in [3.63, 3.8) is 0 Å². The fourth-order valence-corrected chi connectivity index (χ4v) is 6.38. The Bertz CT molecular complexity index is 1250. The predicted molar refractivity (Wildman–Crippen MR) is 242 cm³/mol. The summed E-state index contributed by atoms with van der Waals surface area (Å²) in [5.74, 6) is -1.02. The Morgan fingerprint density at radius 3 is 1.46 bits per heavy atom. The average Bonchev–Trinajstić information content (AvgIpc) is 3.22. The lowest BCUT2D eigenvalue weighted by molar-refractivity contribution is -0.161. The summed E-state index contributed by atoms with van der Waals surface area (Å²) in [6, 6.07) is 0. The molecular weight excluding hydrogens is 767 g/mol. The van der Waals surface area contributed by atoms with Crippen LogP contribution in [0.2, 0.25) is 0 Å². The first-order chi connectivity index (χ1) is 28.7. The van der Waals surface area contributed by atoms with Crippen molar-refractivity contribution in [2.75, 3.05) is 26.4 Å². The van der Waals surface area contributed by atoms with Gasteiger partial charge in [0.25, 0.3) is 0 Å². The first-order valence-corrected chi connectivity index (χ1v) is 24.0. The fourth-order valence-electron chi connectivity index (χ4n) is 5.59. The van der Waals surface area contributed by atoms with Crippen LogP contribution in [0.15, 0.2) is 85.1 Å². The molecule has 0 heterocycles. The van der Waals surface area contributed by atoms with E-state index in [1.807, 2.05) is 6.08 Å². The maximum absolute atomic E-state index is 12.6. The van der Waals surface area contributed by atoms with Gasteiger partial charge in [-0.25, -0.2) is 4.57 Å². The van der Waals surface area contributed by atoms with Crippen molar-refractivity contribution in [2.24, 2.45) is 0 Å². The molecule has 0 aliphatic heterocycles. The number of esters is 2. The molecule has 59 heavy (non-hydrogen) atoms. The number of carbonyl (C=O) groups excluding carboxylic acids is 2. The number of ether oxygens (including phenoxy) is 2. The summed E-state index contributed by atoms with van der Waals surface area (Å²) in [7, 11) is -4.64. The van der Waals surface area contributed by atoms with Crippen LogP contribution in [-0.2, 0) is 32.7 Å². The maximum Gasteiger partial charge on any atom is 0.472 e. The van der Waals surface area contributed by atoms with Crippen molar-refractivity contribution < 1.29 is 47.8 Å². The first kappa shape index (κ1) is 56.1. The summed E-state index contributed by atoms with van der Waals surface area (Å²) in [6.07, 6.45) is 51.3. The molecule has 0 bridgehead atoms. The molecule has 0 aliphatic rings. The van der Waals surface area contributed by atoms with E-state index in [0.717, 1.165) is 64.2 Å². The van der Waals surface area contributed by atoms with Gasteiger partial charge in [-0.05, 0) is 83.5 Å². The Balaban J connectivity index is 4.42. The average molecular weight is 849 g/mol. The predicted octanol–water partition coefficient (Wildman–Crippen LogP) is 12.2. The van der Waals surface area contributed by atoms with Crippen LogP contribution in [0.25, 0.3) is 0 Å². The van der Waals surface area contributed by atoms with Crippen molar-refractivity contribution >= 4 is 19.8 Å². The topological polar surface area (TPSA) is 149 Å². The fraction of sp³-hybridized carbons (Fsp3) is 0.667. The molecule has 0 aliphatic carbocycles. The number of carbonyl (C=O) groups is 2. The molecule has 0 saturated heterocycles. The van der Waals surface area contributed by atoms with E-state index in [9.17, 15) is 24.2 Å². The van der Waals surface area contributed by atoms with Gasteiger partial charge in [-0.1, -0.05) is 157 Å². The minimum Gasteiger partial charge on any atom is -0.462 e. The second-order valence-corrected chi connectivity index (χ2v) is 16.1. The Hall–Kier alpha value is -2.85. The quantitative estimate of drug-likeness (QED) is 0.0235. The SMILES string of the molecule is CC/C=C/C/C=C/C/C=C/C/C=C/C/C=C/CCCCCC(=O)O[C@H](COC(=O)CCC/C=C/C/C=C/CCCCCCCCCCC)COP(=O)(O)OC[C@@H](O)CO. The molecule has 0 fully saturated rings. The second-order valence-electron chi connectivity index (χ2n) is 14.7. The third-order valence-electron chi connectivity index (χ3n) is 9.03. The third-order valence-corrected chi connectivity index (χ3v) is 9.98. The Morgan fingerprint density at radius 1 is 0.525 bits per heavy atom. The van der Waals surface area contributed by atoms with Gasteiger partial charge in [0.05, 0.1) is 19.8 Å². The highest BCUT2D eigenvalue weighted by molar-refractivity contribution is 7.47. The number of hydrogen-bond acceptors (Lipinski definition) is 9. The van der Waals surface area contributed by atoms with Crippen molar-refractivity contribution in [2.45, 2.75) is 180 Å². The lowest BCUT2D eigenvalue weighted by Crippen LogP contribution is -2.29. The van der Waals surface area contributed by atoms with E-state index < -0.39 is 51.8 Å². The van der Waals surface area contributed by atoms with Gasteiger partial charge in [0.1, 0.15) is 12.7 Å². The van der Waals surface area contributed by atoms with Crippen LogP contribution in [0.1, 0.15) is 168 Å². The zero-order valence-electron chi connectivity index (χ0n) is 36.7. The number of unbranched alkanes of at least 4 members (excludes halogenated alkanes) is 13. The van der Waals surface area contributed by atoms with E-state index in [-0.39, 0.29) is 19.4 Å². The van der Waals surface area contributed by atoms with E-state index in [2.05, 4.69) is 97.4 Å². The summed E-state index contributed by atoms with van der Waals surface area (Å²) in [5.41, 5.74) is 0. The summed E-state index contributed by atoms with van der Waals surface area (Å²) >= 11 is 0. The largest absolute Gasteiger partial charge is 0.472 e. The van der Waals surface area contributed by atoms with E-state index >= 15 is 0 Å². The standard InChI is InChI=1S/C48H81O10P/c1-3-5-7-9-11-13-15-17-19-21-22-24-26-28-30-32-34-36-38-40-48(52)58-46(44-57-59(53,54)56-42-45(50)41-49)43-55-47(51)39-37-35-33-31-29-27-25-23-20-18-16-14-12-10-8-6-4-2/h5,7,11,13,17,19,22,24-25,27-28,30-31,33,45-46,49-50H,3-4,6,8-10,12,14-16,18,20-21,23,26,29,32,34-44H2,1-2H3,(H,53,54)/b7-5+,13-11+,19-17+,24-22+,27-25+,30-28+,33-31+/t45-,46+/m0/s1. The van der Waals surface area contributed by atoms with Crippen molar-refractivity contribution in [3.8, 4) is 0 Å². The van der Waals surface area contributed by atoms with Crippen LogP contribution in [0.5, 0.6) is 0 Å². The summed E-state index contributed by atoms with van der Waals surface area (Å²) in [4.78, 5) is 35.0. The molecule has 1 unspecified atom stereocenters. The number of rotatable bonds is 41. The number of allylic oxidation sites excluding steroid dienone is 14. The highest BCUT2D eigenvalue weighted by Crippen LogP contribution is 2.43. The number of phosphoric ester groups is 1. The molecule has 3 N–H and O–H groups in total. The third kappa shape index (κ3) is 43.1. The van der Waals surface area contributed by atoms with Gasteiger partial charge >= 0.3 is 19.8 Å². The van der Waals surface area contributed by atoms with Crippen molar-refractivity contribution in [3.05, 3.63) is 85.1 Å². The minimum absolute atomic E-state index is 0.132. The molecule has 11 heteroatoms. The van der Waals surface area contributed by atoms with Crippen LogP contribution >= 0.6 is 7.82 Å². The zero-order chi connectivity index (χ0) is 43.3. The summed E-state index contributed by atoms with van der Waals surface area (Å²) < 4.78 is 32.7. The number of phosphoric acid groups is 1. The molecule has 0 rings (SSSR count). The molecule has 0 amide bonds. The van der Waals surface area contributed by atoms with Crippen molar-refractivity contribution in [1.29, 1.82) is 0 Å². The van der Waals surface area contributed by atoms with Crippen LogP contribution in [0.3, 0.4) is 0 Å². The van der Waals surface area contributed by atoms with Gasteiger partial charge < -0.3 is 24.6 Å². The highest BCUT2D eigenvalue weighted by Gasteiger charge is 2.27. The molecule has 0 aromatic rings. The Kier molecular flexibility index (Phi) is 41.2. The summed E-state index contributed by atoms with van der Waals surface area (Å²) in [5, 5.41) is 18.3. The van der Waals surface area contributed by atoms with Gasteiger partial charge in [-0.2, -0.15) is 0 Å². The molecule has 0 saturated carbocycles. The number of aliphatic hydroxyl groups excluding tert-OH is 2. The normalized spacial score (nSPS) is 14.6. The molecule has 0 radical (unpaired) electrons. The van der Waals surface area contributed by atoms with Gasteiger partial charge in [-0.3, -0.25) is 18.6 Å². The first-order valence-electron chi connectivity index (χ1n) is 22.5. The van der Waals surface area contributed by atoms with Crippen LogP contribution in [-0.4, -0.2) is 65.7 Å². The monoisotopic (exact) mass is 849 g/mol. The Labute approximate surface area is 358 Å².